The molecule has 4 nitrogen and oxygen atoms in total. The molecule has 0 aliphatic carbocycles. The van der Waals surface area contributed by atoms with Gasteiger partial charge < -0.3 is 9.64 Å². The minimum absolute atomic E-state index is 0.00547. The molecule has 1 fully saturated rings. The Balaban J connectivity index is 1.65. The van der Waals surface area contributed by atoms with Gasteiger partial charge in [0.25, 0.3) is 0 Å². The van der Waals surface area contributed by atoms with Crippen LogP contribution >= 0.6 is 22.7 Å². The number of carbonyl (C=O) groups excluding carboxylic acids is 1. The van der Waals surface area contributed by atoms with E-state index in [-0.39, 0.29) is 12.1 Å². The summed E-state index contributed by atoms with van der Waals surface area (Å²) < 4.78 is 5.43. The van der Waals surface area contributed by atoms with Crippen molar-refractivity contribution in [1.82, 2.24) is 4.90 Å². The van der Waals surface area contributed by atoms with Gasteiger partial charge in [-0.25, -0.2) is 4.79 Å². The monoisotopic (exact) mass is 336 g/mol. The Morgan fingerprint density at radius 1 is 1.23 bits per heavy atom. The summed E-state index contributed by atoms with van der Waals surface area (Å²) in [6, 6.07) is 8.35. The van der Waals surface area contributed by atoms with Crippen molar-refractivity contribution in [2.45, 2.75) is 25.3 Å². The van der Waals surface area contributed by atoms with E-state index in [9.17, 15) is 4.79 Å². The van der Waals surface area contributed by atoms with Crippen LogP contribution in [0.1, 0.15) is 17.7 Å². The maximum atomic E-state index is 12.7. The molecular weight excluding hydrogens is 316 g/mol. The largest absolute Gasteiger partial charge is 0.381 e. The van der Waals surface area contributed by atoms with Gasteiger partial charge in [0.2, 0.25) is 0 Å². The van der Waals surface area contributed by atoms with Crippen molar-refractivity contribution in [3.8, 4) is 0 Å². The number of urea groups is 1. The standard InChI is InChI=1S/C16H20N2O2S2/c19-16(17-15-4-2-12-22-15)18(13-6-9-20-10-7-13)8-5-14-3-1-11-21-14/h1-4,11-13H,5-10H2,(H,17,19). The molecule has 1 aliphatic rings. The van der Waals surface area contributed by atoms with Gasteiger partial charge in [0.15, 0.2) is 0 Å². The van der Waals surface area contributed by atoms with Gasteiger partial charge in [-0.1, -0.05) is 6.07 Å². The van der Waals surface area contributed by atoms with Crippen LogP contribution in [0.5, 0.6) is 0 Å². The third-order valence-corrected chi connectivity index (χ3v) is 5.54. The first-order chi connectivity index (χ1) is 10.8. The van der Waals surface area contributed by atoms with Crippen molar-refractivity contribution in [2.75, 3.05) is 25.1 Å². The van der Waals surface area contributed by atoms with Gasteiger partial charge in [0.1, 0.15) is 0 Å². The average Bonchev–Trinajstić information content (AvgIpc) is 3.22. The lowest BCUT2D eigenvalue weighted by atomic mass is 10.1. The first-order valence-corrected chi connectivity index (χ1v) is 9.30. The highest BCUT2D eigenvalue weighted by Gasteiger charge is 2.25. The van der Waals surface area contributed by atoms with Crippen molar-refractivity contribution < 1.29 is 9.53 Å². The summed E-state index contributed by atoms with van der Waals surface area (Å²) >= 11 is 3.30. The quantitative estimate of drug-likeness (QED) is 0.894. The SMILES string of the molecule is O=C(Nc1cccs1)N(CCc1cccs1)C1CCOCC1. The summed E-state index contributed by atoms with van der Waals surface area (Å²) in [5.74, 6) is 0. The molecule has 0 aromatic carbocycles. The number of rotatable bonds is 5. The van der Waals surface area contributed by atoms with E-state index >= 15 is 0 Å². The summed E-state index contributed by atoms with van der Waals surface area (Å²) in [7, 11) is 0. The van der Waals surface area contributed by atoms with Gasteiger partial charge in [0, 0.05) is 30.7 Å². The molecule has 2 aromatic heterocycles. The molecule has 6 heteroatoms. The zero-order chi connectivity index (χ0) is 15.2. The highest BCUT2D eigenvalue weighted by molar-refractivity contribution is 7.14. The van der Waals surface area contributed by atoms with E-state index in [1.807, 2.05) is 22.4 Å². The second-order valence-corrected chi connectivity index (χ2v) is 7.25. The molecule has 0 radical (unpaired) electrons. The molecule has 0 atom stereocenters. The molecule has 3 rings (SSSR count). The Bertz CT molecular complexity index is 563. The van der Waals surface area contributed by atoms with Gasteiger partial charge >= 0.3 is 6.03 Å². The fourth-order valence-corrected chi connectivity index (χ4v) is 3.96. The van der Waals surface area contributed by atoms with Gasteiger partial charge in [-0.15, -0.1) is 22.7 Å². The lowest BCUT2D eigenvalue weighted by molar-refractivity contribution is 0.0484. The van der Waals surface area contributed by atoms with Crippen molar-refractivity contribution in [2.24, 2.45) is 0 Å². The molecule has 0 spiro atoms. The van der Waals surface area contributed by atoms with E-state index in [1.165, 1.54) is 4.88 Å². The Morgan fingerprint density at radius 2 is 2.00 bits per heavy atom. The number of nitrogens with one attached hydrogen (secondary N) is 1. The number of anilines is 1. The van der Waals surface area contributed by atoms with Crippen LogP contribution in [-0.2, 0) is 11.2 Å². The first-order valence-electron chi connectivity index (χ1n) is 7.54. The van der Waals surface area contributed by atoms with Gasteiger partial charge in [0.05, 0.1) is 5.00 Å². The van der Waals surface area contributed by atoms with E-state index < -0.39 is 0 Å². The first kappa shape index (κ1) is 15.5. The van der Waals surface area contributed by atoms with Crippen molar-refractivity contribution in [3.63, 3.8) is 0 Å². The molecule has 22 heavy (non-hydrogen) atoms. The van der Waals surface area contributed by atoms with Crippen LogP contribution in [0, 0.1) is 0 Å². The molecule has 1 N–H and O–H groups in total. The maximum Gasteiger partial charge on any atom is 0.322 e. The fraction of sp³-hybridized carbons (Fsp3) is 0.438. The lowest BCUT2D eigenvalue weighted by Crippen LogP contribution is -2.46. The third kappa shape index (κ3) is 4.09. The molecule has 3 heterocycles. The molecule has 1 saturated heterocycles. The minimum atomic E-state index is 0.00547. The van der Waals surface area contributed by atoms with Crippen LogP contribution in [0.4, 0.5) is 9.80 Å². The second-order valence-electron chi connectivity index (χ2n) is 5.27. The van der Waals surface area contributed by atoms with E-state index in [2.05, 4.69) is 22.8 Å². The van der Waals surface area contributed by atoms with Crippen LogP contribution in [0.15, 0.2) is 35.0 Å². The van der Waals surface area contributed by atoms with Gasteiger partial charge in [-0.2, -0.15) is 0 Å². The Labute approximate surface area is 138 Å². The molecule has 0 saturated carbocycles. The number of thiophene rings is 2. The molecule has 118 valence electrons. The van der Waals surface area contributed by atoms with Crippen LogP contribution in [0.2, 0.25) is 0 Å². The van der Waals surface area contributed by atoms with E-state index in [0.717, 1.165) is 44.0 Å². The fourth-order valence-electron chi connectivity index (χ4n) is 2.66. The lowest BCUT2D eigenvalue weighted by Gasteiger charge is -2.34. The number of hydrogen-bond donors (Lipinski definition) is 1. The summed E-state index contributed by atoms with van der Waals surface area (Å²) in [5, 5.41) is 7.97. The van der Waals surface area contributed by atoms with E-state index in [4.69, 9.17) is 4.74 Å². The molecule has 1 aliphatic heterocycles. The van der Waals surface area contributed by atoms with E-state index in [0.29, 0.717) is 0 Å². The molecule has 0 unspecified atom stereocenters. The Kier molecular flexibility index (Phi) is 5.48. The summed E-state index contributed by atoms with van der Waals surface area (Å²) in [5.41, 5.74) is 0. The Morgan fingerprint density at radius 3 is 2.68 bits per heavy atom. The summed E-state index contributed by atoms with van der Waals surface area (Å²) in [6.45, 7) is 2.24. The molecule has 2 aromatic rings. The predicted octanol–water partition coefficient (Wildman–Crippen LogP) is 4.07. The highest BCUT2D eigenvalue weighted by Crippen LogP contribution is 2.20. The Hall–Kier alpha value is -1.37. The van der Waals surface area contributed by atoms with E-state index in [1.54, 1.807) is 22.7 Å². The second kappa shape index (κ2) is 7.76. The number of nitrogens with zero attached hydrogens (tertiary/aromatic N) is 1. The zero-order valence-corrected chi connectivity index (χ0v) is 14.0. The highest BCUT2D eigenvalue weighted by atomic mass is 32.1. The number of hydrogen-bond acceptors (Lipinski definition) is 4. The summed E-state index contributed by atoms with van der Waals surface area (Å²) in [4.78, 5) is 16.0. The number of ether oxygens (including phenoxy) is 1. The van der Waals surface area contributed by atoms with Crippen LogP contribution in [0.3, 0.4) is 0 Å². The van der Waals surface area contributed by atoms with Gasteiger partial charge in [-0.05, 0) is 48.2 Å². The zero-order valence-electron chi connectivity index (χ0n) is 12.4. The normalized spacial score (nSPS) is 15.6. The third-order valence-electron chi connectivity index (χ3n) is 3.82. The van der Waals surface area contributed by atoms with Crippen LogP contribution in [-0.4, -0.2) is 36.7 Å². The van der Waals surface area contributed by atoms with Crippen molar-refractivity contribution in [1.29, 1.82) is 0 Å². The minimum Gasteiger partial charge on any atom is -0.381 e. The van der Waals surface area contributed by atoms with Crippen LogP contribution in [0.25, 0.3) is 0 Å². The molecule has 2 amide bonds. The summed E-state index contributed by atoms with van der Waals surface area (Å²) in [6.07, 6.45) is 2.75. The number of amides is 2. The predicted molar refractivity (Wildman–Crippen MR) is 91.9 cm³/mol. The van der Waals surface area contributed by atoms with Crippen molar-refractivity contribution in [3.05, 3.63) is 39.9 Å². The topological polar surface area (TPSA) is 41.6 Å². The molecular formula is C16H20N2O2S2. The maximum absolute atomic E-state index is 12.7. The molecule has 0 bridgehead atoms. The smallest absolute Gasteiger partial charge is 0.322 e. The van der Waals surface area contributed by atoms with Gasteiger partial charge in [-0.3, -0.25) is 5.32 Å². The average molecular weight is 336 g/mol. The van der Waals surface area contributed by atoms with Crippen LogP contribution < -0.4 is 5.32 Å². The van der Waals surface area contributed by atoms with Crippen molar-refractivity contribution >= 4 is 33.7 Å². The number of carbonyl (C=O) groups is 1.